The van der Waals surface area contributed by atoms with Gasteiger partial charge in [-0.05, 0) is 0 Å². The number of nitrogens with zero attached hydrogens (tertiary/aromatic N) is 1. The van der Waals surface area contributed by atoms with Crippen LogP contribution < -0.4 is 15.2 Å². The summed E-state index contributed by atoms with van der Waals surface area (Å²) >= 11 is 0. The maximum atomic E-state index is 11.8. The summed E-state index contributed by atoms with van der Waals surface area (Å²) in [6.45, 7) is 0.908. The molecule has 0 aromatic heterocycles. The third-order valence-corrected chi connectivity index (χ3v) is 3.02. The Balaban J connectivity index is 4.45. The molecule has 7 nitrogen and oxygen atoms in total. The number of oxime groups is 1. The van der Waals surface area contributed by atoms with E-state index < -0.39 is 28.3 Å². The minimum atomic E-state index is -4.64. The van der Waals surface area contributed by atoms with Gasteiger partial charge in [-0.15, -0.1) is 0 Å². The molecule has 0 aliphatic carbocycles. The van der Waals surface area contributed by atoms with E-state index in [1.54, 1.807) is 0 Å². The number of nitrogens with two attached hydrogens (primary N) is 1. The molecule has 18 heavy (non-hydrogen) atoms. The van der Waals surface area contributed by atoms with Crippen LogP contribution in [0, 0.1) is 5.41 Å². The SMILES string of the molecule is CC(C)(CNS(=O)(=O)NCC(F)(F)F)C(N)=NO. The van der Waals surface area contributed by atoms with E-state index in [1.165, 1.54) is 18.6 Å². The van der Waals surface area contributed by atoms with Crippen LogP contribution in [0.4, 0.5) is 13.2 Å². The Labute approximate surface area is 102 Å². The minimum Gasteiger partial charge on any atom is -0.409 e. The summed E-state index contributed by atoms with van der Waals surface area (Å²) in [6, 6.07) is 0. The Morgan fingerprint density at radius 1 is 1.28 bits per heavy atom. The highest BCUT2D eigenvalue weighted by atomic mass is 32.2. The lowest BCUT2D eigenvalue weighted by Gasteiger charge is -2.23. The van der Waals surface area contributed by atoms with Crippen molar-refractivity contribution in [3.8, 4) is 0 Å². The molecule has 0 saturated heterocycles. The van der Waals surface area contributed by atoms with Crippen molar-refractivity contribution in [3.63, 3.8) is 0 Å². The number of hydrogen-bond donors (Lipinski definition) is 4. The van der Waals surface area contributed by atoms with Gasteiger partial charge >= 0.3 is 6.18 Å². The Kier molecular flexibility index (Phi) is 5.37. The average Bonchev–Trinajstić information content (AvgIpc) is 2.22. The molecule has 0 aliphatic rings. The van der Waals surface area contributed by atoms with E-state index >= 15 is 0 Å². The van der Waals surface area contributed by atoms with Crippen molar-refractivity contribution in [2.75, 3.05) is 13.1 Å². The predicted octanol–water partition coefficient (Wildman–Crippen LogP) is -0.255. The second-order valence-electron chi connectivity index (χ2n) is 4.13. The molecule has 0 fully saturated rings. The van der Waals surface area contributed by atoms with Gasteiger partial charge in [0.05, 0.1) is 0 Å². The molecule has 0 heterocycles. The first-order valence-corrected chi connectivity index (χ1v) is 6.17. The first kappa shape index (κ1) is 16.9. The highest BCUT2D eigenvalue weighted by Gasteiger charge is 2.31. The molecule has 108 valence electrons. The molecule has 11 heteroatoms. The van der Waals surface area contributed by atoms with Crippen molar-refractivity contribution >= 4 is 16.0 Å². The lowest BCUT2D eigenvalue weighted by molar-refractivity contribution is -0.121. The van der Waals surface area contributed by atoms with Crippen LogP contribution in [0.1, 0.15) is 13.8 Å². The minimum absolute atomic E-state index is 0.249. The summed E-state index contributed by atoms with van der Waals surface area (Å²) < 4.78 is 61.0. The summed E-state index contributed by atoms with van der Waals surface area (Å²) in [4.78, 5) is 0. The van der Waals surface area contributed by atoms with Gasteiger partial charge < -0.3 is 10.9 Å². The Hall–Kier alpha value is -1.07. The van der Waals surface area contributed by atoms with Crippen LogP contribution in [-0.4, -0.2) is 38.7 Å². The first-order valence-electron chi connectivity index (χ1n) is 4.69. The van der Waals surface area contributed by atoms with E-state index in [0.29, 0.717) is 0 Å². The van der Waals surface area contributed by atoms with Gasteiger partial charge in [0, 0.05) is 12.0 Å². The van der Waals surface area contributed by atoms with E-state index in [0.717, 1.165) is 0 Å². The molecular weight excluding hydrogens is 277 g/mol. The fourth-order valence-electron chi connectivity index (χ4n) is 0.729. The lowest BCUT2D eigenvalue weighted by Crippen LogP contribution is -2.47. The zero-order valence-corrected chi connectivity index (χ0v) is 10.6. The summed E-state index contributed by atoms with van der Waals surface area (Å²) in [5.74, 6) is -0.249. The number of halogens is 3. The summed E-state index contributed by atoms with van der Waals surface area (Å²) in [5.41, 5.74) is 4.25. The fraction of sp³-hybridized carbons (Fsp3) is 0.857. The quantitative estimate of drug-likeness (QED) is 0.234. The van der Waals surface area contributed by atoms with Crippen molar-refractivity contribution in [1.82, 2.24) is 9.44 Å². The number of hydrogen-bond acceptors (Lipinski definition) is 4. The molecule has 0 unspecified atom stereocenters. The number of alkyl halides is 3. The smallest absolute Gasteiger partial charge is 0.402 e. The zero-order chi connectivity index (χ0) is 14.6. The summed E-state index contributed by atoms with van der Waals surface area (Å²) in [7, 11) is -4.30. The Morgan fingerprint density at radius 2 is 1.72 bits per heavy atom. The number of nitrogens with one attached hydrogen (secondary N) is 2. The van der Waals surface area contributed by atoms with Crippen molar-refractivity contribution in [2.45, 2.75) is 20.0 Å². The fourth-order valence-corrected chi connectivity index (χ4v) is 1.74. The van der Waals surface area contributed by atoms with Gasteiger partial charge in [-0.25, -0.2) is 4.72 Å². The molecule has 0 aromatic rings. The molecule has 0 bridgehead atoms. The van der Waals surface area contributed by atoms with Crippen molar-refractivity contribution in [1.29, 1.82) is 0 Å². The topological polar surface area (TPSA) is 117 Å². The molecule has 0 spiro atoms. The van der Waals surface area contributed by atoms with E-state index in [2.05, 4.69) is 5.16 Å². The van der Waals surface area contributed by atoms with E-state index in [-0.39, 0.29) is 12.4 Å². The van der Waals surface area contributed by atoms with Gasteiger partial charge in [0.2, 0.25) is 0 Å². The van der Waals surface area contributed by atoms with Crippen molar-refractivity contribution in [3.05, 3.63) is 0 Å². The maximum Gasteiger partial charge on any atom is 0.402 e. The third-order valence-electron chi connectivity index (χ3n) is 1.97. The van der Waals surface area contributed by atoms with E-state index in [4.69, 9.17) is 10.9 Å². The second-order valence-corrected chi connectivity index (χ2v) is 5.71. The van der Waals surface area contributed by atoms with Gasteiger partial charge in [0.25, 0.3) is 10.2 Å². The molecule has 0 radical (unpaired) electrons. The van der Waals surface area contributed by atoms with Crippen molar-refractivity contribution < 1.29 is 26.8 Å². The van der Waals surface area contributed by atoms with E-state index in [1.807, 2.05) is 4.72 Å². The van der Waals surface area contributed by atoms with Gasteiger partial charge in [-0.2, -0.15) is 26.3 Å². The number of rotatable bonds is 6. The highest BCUT2D eigenvalue weighted by Crippen LogP contribution is 2.14. The van der Waals surface area contributed by atoms with Gasteiger partial charge in [-0.3, -0.25) is 0 Å². The molecule has 0 aromatic carbocycles. The standard InChI is InChI=1S/C7H15F3N4O3S/c1-6(2,5(11)14-15)3-12-18(16,17)13-4-7(8,9)10/h12-13,15H,3-4H2,1-2H3,(H2,11,14). The molecular formula is C7H15F3N4O3S. The monoisotopic (exact) mass is 292 g/mol. The van der Waals surface area contributed by atoms with Crippen LogP contribution in [0.15, 0.2) is 5.16 Å². The lowest BCUT2D eigenvalue weighted by atomic mass is 9.93. The molecule has 0 aliphatic heterocycles. The normalized spacial score (nSPS) is 14.8. The molecule has 0 atom stereocenters. The first-order chi connectivity index (χ1) is 7.90. The predicted molar refractivity (Wildman–Crippen MR) is 58.2 cm³/mol. The van der Waals surface area contributed by atoms with Crippen LogP contribution in [-0.2, 0) is 10.2 Å². The maximum absolute atomic E-state index is 11.8. The summed E-state index contributed by atoms with van der Waals surface area (Å²) in [6.07, 6.45) is -4.64. The average molecular weight is 292 g/mol. The van der Waals surface area contributed by atoms with E-state index in [9.17, 15) is 21.6 Å². The van der Waals surface area contributed by atoms with Crippen LogP contribution in [0.3, 0.4) is 0 Å². The Bertz CT molecular complexity index is 405. The van der Waals surface area contributed by atoms with Gasteiger partial charge in [0.1, 0.15) is 12.4 Å². The second kappa shape index (κ2) is 5.71. The molecule has 0 rings (SSSR count). The zero-order valence-electron chi connectivity index (χ0n) is 9.74. The molecule has 0 saturated carbocycles. The summed E-state index contributed by atoms with van der Waals surface area (Å²) in [5, 5.41) is 11.1. The van der Waals surface area contributed by atoms with Crippen LogP contribution in [0.5, 0.6) is 0 Å². The number of amidine groups is 1. The van der Waals surface area contributed by atoms with Crippen molar-refractivity contribution in [2.24, 2.45) is 16.3 Å². The molecule has 0 amide bonds. The van der Waals surface area contributed by atoms with Gasteiger partial charge in [0.15, 0.2) is 0 Å². The van der Waals surface area contributed by atoms with Crippen LogP contribution in [0.2, 0.25) is 0 Å². The molecule has 5 N–H and O–H groups in total. The van der Waals surface area contributed by atoms with Crippen LogP contribution in [0.25, 0.3) is 0 Å². The largest absolute Gasteiger partial charge is 0.409 e. The van der Waals surface area contributed by atoms with Crippen LogP contribution >= 0.6 is 0 Å². The highest BCUT2D eigenvalue weighted by molar-refractivity contribution is 7.87. The Morgan fingerprint density at radius 3 is 2.11 bits per heavy atom. The van der Waals surface area contributed by atoms with Gasteiger partial charge in [-0.1, -0.05) is 19.0 Å². The third kappa shape index (κ3) is 6.61.